The zero-order valence-corrected chi connectivity index (χ0v) is 65.6. The molecule has 0 aromatic heterocycles. The van der Waals surface area contributed by atoms with Crippen LogP contribution in [0.3, 0.4) is 0 Å². The van der Waals surface area contributed by atoms with Gasteiger partial charge in [0.15, 0.2) is 6.10 Å². The zero-order chi connectivity index (χ0) is 71.1. The molecule has 0 aliphatic heterocycles. The standard InChI is InChI=1S/C88H156NO8P/c1-6-8-10-12-14-16-18-20-22-24-26-28-30-32-34-36-38-40-42-44-46-48-50-52-54-56-58-60-62-64-66-68-70-72-74-76-78-80-87(90)94-84-86(85-96-98(92,93)95-83-82-89(3,4)5)97-88(91)81-79-77-75-73-71-69-67-65-63-61-59-57-55-53-51-49-47-45-43-41-39-37-35-33-31-29-27-25-23-21-19-17-15-13-11-9-7-2/h8-11,14-17,20-23,26-29,33,35,39,41,86H,6-7,12-13,18-19,24-25,30-32,34,36-38,40,42-85H2,1-5H3/b10-8-,11-9-,16-14-,17-15-,22-20-,23-21-,28-26-,29-27-,35-33-,41-39-. The third kappa shape index (κ3) is 81.4. The van der Waals surface area contributed by atoms with Crippen LogP contribution in [-0.2, 0) is 32.7 Å². The van der Waals surface area contributed by atoms with Crippen LogP contribution in [-0.4, -0.2) is 70.0 Å². The van der Waals surface area contributed by atoms with Crippen molar-refractivity contribution in [3.05, 3.63) is 122 Å². The summed E-state index contributed by atoms with van der Waals surface area (Å²) in [6.07, 6.45) is 112. The first kappa shape index (κ1) is 94.4. The number of quaternary nitrogens is 1. The number of carbonyl (C=O) groups excluding carboxylic acids is 2. The molecule has 0 aromatic carbocycles. The summed E-state index contributed by atoms with van der Waals surface area (Å²) >= 11 is 0. The van der Waals surface area contributed by atoms with Gasteiger partial charge in [0.25, 0.3) is 7.82 Å². The fourth-order valence-corrected chi connectivity index (χ4v) is 12.5. The molecule has 0 saturated carbocycles. The van der Waals surface area contributed by atoms with E-state index < -0.39 is 26.5 Å². The van der Waals surface area contributed by atoms with Crippen LogP contribution in [0.5, 0.6) is 0 Å². The summed E-state index contributed by atoms with van der Waals surface area (Å²) in [4.78, 5) is 38.2. The van der Waals surface area contributed by atoms with Crippen molar-refractivity contribution in [3.63, 3.8) is 0 Å². The van der Waals surface area contributed by atoms with Crippen molar-refractivity contribution in [2.24, 2.45) is 0 Å². The van der Waals surface area contributed by atoms with Crippen molar-refractivity contribution in [2.75, 3.05) is 47.5 Å². The zero-order valence-electron chi connectivity index (χ0n) is 64.7. The van der Waals surface area contributed by atoms with Crippen LogP contribution in [0.4, 0.5) is 0 Å². The lowest BCUT2D eigenvalue weighted by atomic mass is 10.0. The molecule has 0 saturated heterocycles. The third-order valence-corrected chi connectivity index (χ3v) is 18.9. The molecule has 0 rings (SSSR count). The highest BCUT2D eigenvalue weighted by molar-refractivity contribution is 7.45. The molecule has 0 aliphatic carbocycles. The van der Waals surface area contributed by atoms with E-state index >= 15 is 0 Å². The summed E-state index contributed by atoms with van der Waals surface area (Å²) in [5.74, 6) is -0.817. The van der Waals surface area contributed by atoms with E-state index in [1.807, 2.05) is 21.1 Å². The molecule has 10 heteroatoms. The first-order chi connectivity index (χ1) is 48.0. The number of allylic oxidation sites excluding steroid dienone is 20. The summed E-state index contributed by atoms with van der Waals surface area (Å²) in [6.45, 7) is 4.06. The van der Waals surface area contributed by atoms with Crippen LogP contribution in [0.25, 0.3) is 0 Å². The van der Waals surface area contributed by atoms with E-state index in [0.29, 0.717) is 17.4 Å². The summed E-state index contributed by atoms with van der Waals surface area (Å²) in [6, 6.07) is 0. The predicted octanol–water partition coefficient (Wildman–Crippen LogP) is 27.1. The molecule has 2 atom stereocenters. The molecule has 0 fully saturated rings. The Labute approximate surface area is 607 Å². The summed E-state index contributed by atoms with van der Waals surface area (Å²) in [5, 5.41) is 0. The van der Waals surface area contributed by atoms with Crippen molar-refractivity contribution in [3.8, 4) is 0 Å². The van der Waals surface area contributed by atoms with Crippen molar-refractivity contribution >= 4 is 19.8 Å². The van der Waals surface area contributed by atoms with Crippen LogP contribution in [0.2, 0.25) is 0 Å². The molecule has 98 heavy (non-hydrogen) atoms. The molecule has 0 aromatic rings. The second kappa shape index (κ2) is 77.6. The van der Waals surface area contributed by atoms with E-state index in [-0.39, 0.29) is 32.0 Å². The molecule has 0 N–H and O–H groups in total. The monoisotopic (exact) mass is 1390 g/mol. The van der Waals surface area contributed by atoms with Gasteiger partial charge >= 0.3 is 11.9 Å². The van der Waals surface area contributed by atoms with Gasteiger partial charge in [0.1, 0.15) is 19.8 Å². The number of nitrogens with zero attached hydrogens (tertiary/aromatic N) is 1. The van der Waals surface area contributed by atoms with E-state index in [1.54, 1.807) is 0 Å². The Balaban J connectivity index is 3.92. The maximum absolute atomic E-state index is 12.9. The smallest absolute Gasteiger partial charge is 0.306 e. The quantitative estimate of drug-likeness (QED) is 0.0195. The normalized spacial score (nSPS) is 13.7. The summed E-state index contributed by atoms with van der Waals surface area (Å²) < 4.78 is 34.5. The van der Waals surface area contributed by atoms with Gasteiger partial charge in [-0.3, -0.25) is 14.2 Å². The largest absolute Gasteiger partial charge is 0.756 e. The molecule has 0 spiro atoms. The first-order valence-corrected chi connectivity index (χ1v) is 42.7. The summed E-state index contributed by atoms with van der Waals surface area (Å²) in [5.41, 5.74) is 0. The summed E-state index contributed by atoms with van der Waals surface area (Å²) in [7, 11) is 1.18. The highest BCUT2D eigenvalue weighted by Gasteiger charge is 2.22. The topological polar surface area (TPSA) is 111 Å². The molecule has 9 nitrogen and oxygen atoms in total. The Bertz CT molecular complexity index is 2070. The second-order valence-electron chi connectivity index (χ2n) is 28.7. The Kier molecular flexibility index (Phi) is 74.7. The first-order valence-electron chi connectivity index (χ1n) is 41.2. The molecule has 0 amide bonds. The molecule has 0 radical (unpaired) electrons. The Morgan fingerprint density at radius 3 is 0.816 bits per heavy atom. The van der Waals surface area contributed by atoms with Crippen molar-refractivity contribution in [2.45, 2.75) is 380 Å². The number of phosphoric acid groups is 1. The number of phosphoric ester groups is 1. The van der Waals surface area contributed by atoms with Gasteiger partial charge in [-0.15, -0.1) is 0 Å². The van der Waals surface area contributed by atoms with Crippen molar-refractivity contribution in [1.82, 2.24) is 0 Å². The molecular weight excluding hydrogens is 1230 g/mol. The fraction of sp³-hybridized carbons (Fsp3) is 0.750. The molecule has 0 aliphatic rings. The van der Waals surface area contributed by atoms with Gasteiger partial charge in [-0.1, -0.05) is 379 Å². The minimum absolute atomic E-state index is 0.0316. The molecule has 2 unspecified atom stereocenters. The molecule has 0 bridgehead atoms. The van der Waals surface area contributed by atoms with Gasteiger partial charge in [0, 0.05) is 12.8 Å². The maximum atomic E-state index is 12.9. The van der Waals surface area contributed by atoms with Gasteiger partial charge < -0.3 is 27.9 Å². The van der Waals surface area contributed by atoms with Gasteiger partial charge in [0.2, 0.25) is 0 Å². The van der Waals surface area contributed by atoms with E-state index in [9.17, 15) is 19.0 Å². The van der Waals surface area contributed by atoms with Gasteiger partial charge in [0.05, 0.1) is 27.7 Å². The van der Waals surface area contributed by atoms with E-state index in [4.69, 9.17) is 18.5 Å². The predicted molar refractivity (Wildman–Crippen MR) is 425 cm³/mol. The molecule has 0 heterocycles. The number of ether oxygens (including phenoxy) is 2. The number of hydrogen-bond acceptors (Lipinski definition) is 8. The number of esters is 2. The molecule has 566 valence electrons. The minimum atomic E-state index is -4.65. The lowest BCUT2D eigenvalue weighted by Crippen LogP contribution is -2.37. The van der Waals surface area contributed by atoms with Crippen LogP contribution in [0, 0.1) is 0 Å². The van der Waals surface area contributed by atoms with E-state index in [1.165, 1.54) is 238 Å². The van der Waals surface area contributed by atoms with Crippen LogP contribution in [0.1, 0.15) is 373 Å². The number of likely N-dealkylation sites (N-methyl/N-ethyl adjacent to an activating group) is 1. The van der Waals surface area contributed by atoms with Crippen LogP contribution >= 0.6 is 7.82 Å². The number of unbranched alkanes of at least 4 members (excludes halogenated alkanes) is 42. The molecular formula is C88H156NO8P. The Morgan fingerprint density at radius 2 is 0.551 bits per heavy atom. The highest BCUT2D eigenvalue weighted by Crippen LogP contribution is 2.38. The van der Waals surface area contributed by atoms with Gasteiger partial charge in [-0.05, 0) is 103 Å². The Hall–Kier alpha value is -3.59. The third-order valence-electron chi connectivity index (χ3n) is 18.0. The number of rotatable bonds is 76. The van der Waals surface area contributed by atoms with Crippen molar-refractivity contribution < 1.29 is 42.1 Å². The maximum Gasteiger partial charge on any atom is 0.306 e. The van der Waals surface area contributed by atoms with Crippen LogP contribution in [0.15, 0.2) is 122 Å². The minimum Gasteiger partial charge on any atom is -0.756 e. The highest BCUT2D eigenvalue weighted by atomic mass is 31.2. The van der Waals surface area contributed by atoms with Crippen LogP contribution < -0.4 is 4.89 Å². The lowest BCUT2D eigenvalue weighted by molar-refractivity contribution is -0.870. The average molecular weight is 1390 g/mol. The van der Waals surface area contributed by atoms with E-state index in [2.05, 4.69) is 135 Å². The van der Waals surface area contributed by atoms with E-state index in [0.717, 1.165) is 103 Å². The second-order valence-corrected chi connectivity index (χ2v) is 30.1. The number of hydrogen-bond donors (Lipinski definition) is 0. The van der Waals surface area contributed by atoms with Gasteiger partial charge in [-0.25, -0.2) is 0 Å². The number of carbonyl (C=O) groups is 2. The SMILES string of the molecule is CC/C=C\C/C=C\C/C=C\C/C=C\C/C=C\C/C=C\CCCCCCCCCCCCCCCCCCCCC(=O)OC(COC(=O)CCCCCCCCCCCCCCCCCCCCCCCCCC/C=C\C/C=C\C/C=C\C/C=C\CC)COP(=O)([O-])OCC[N+](C)(C)C. The lowest BCUT2D eigenvalue weighted by Gasteiger charge is -2.28. The Morgan fingerprint density at radius 1 is 0.316 bits per heavy atom. The fourth-order valence-electron chi connectivity index (χ4n) is 11.8. The van der Waals surface area contributed by atoms with Gasteiger partial charge in [-0.2, -0.15) is 0 Å². The van der Waals surface area contributed by atoms with Crippen molar-refractivity contribution in [1.29, 1.82) is 0 Å². The average Bonchev–Trinajstić information content (AvgIpc) is 1.08.